The lowest BCUT2D eigenvalue weighted by atomic mass is 10.3. The number of benzene rings is 1. The molecule has 0 saturated carbocycles. The zero-order valence-electron chi connectivity index (χ0n) is 12.7. The summed E-state index contributed by atoms with van der Waals surface area (Å²) in [6, 6.07) is 4.97. The third-order valence-corrected chi connectivity index (χ3v) is 3.40. The van der Waals surface area contributed by atoms with Crippen LogP contribution in [0.15, 0.2) is 22.6 Å². The molecule has 0 aliphatic rings. The van der Waals surface area contributed by atoms with Crippen LogP contribution >= 0.6 is 23.2 Å². The molecule has 0 fully saturated rings. The summed E-state index contributed by atoms with van der Waals surface area (Å²) in [5.41, 5.74) is 0. The summed E-state index contributed by atoms with van der Waals surface area (Å²) >= 11 is 11.8. The van der Waals surface area contributed by atoms with Crippen LogP contribution in [0.2, 0.25) is 10.0 Å². The summed E-state index contributed by atoms with van der Waals surface area (Å²) in [6.45, 7) is 3.68. The van der Waals surface area contributed by atoms with E-state index in [2.05, 4.69) is 10.2 Å². The molecule has 23 heavy (non-hydrogen) atoms. The zero-order chi connectivity index (χ0) is 16.8. The largest absolute Gasteiger partial charge is 0.492 e. The first kappa shape index (κ1) is 17.6. The van der Waals surface area contributed by atoms with Crippen LogP contribution in [0.25, 0.3) is 0 Å². The summed E-state index contributed by atoms with van der Waals surface area (Å²) in [6.07, 6.45) is 0.131. The smallest absolute Gasteiger partial charge is 0.306 e. The molecule has 2 aromatic rings. The second-order valence-electron chi connectivity index (χ2n) is 4.82. The Labute approximate surface area is 143 Å². The Kier molecular flexibility index (Phi) is 6.24. The van der Waals surface area contributed by atoms with Crippen LogP contribution in [0.4, 0.5) is 0 Å². The van der Waals surface area contributed by atoms with Crippen molar-refractivity contribution in [3.05, 3.63) is 40.0 Å². The molecule has 1 aromatic heterocycles. The molecule has 8 heteroatoms. The van der Waals surface area contributed by atoms with Crippen LogP contribution in [0.1, 0.15) is 37.7 Å². The second kappa shape index (κ2) is 8.17. The number of esters is 1. The number of hydrogen-bond acceptors (Lipinski definition) is 6. The van der Waals surface area contributed by atoms with E-state index in [1.807, 2.05) is 0 Å². The molecular formula is C15H16Cl2N2O4. The third-order valence-electron chi connectivity index (χ3n) is 2.87. The van der Waals surface area contributed by atoms with Crippen LogP contribution in [0.5, 0.6) is 5.75 Å². The minimum absolute atomic E-state index is 0.211. The summed E-state index contributed by atoms with van der Waals surface area (Å²) in [4.78, 5) is 11.7. The van der Waals surface area contributed by atoms with Gasteiger partial charge in [-0.3, -0.25) is 4.79 Å². The third kappa shape index (κ3) is 5.41. The first-order valence-corrected chi connectivity index (χ1v) is 7.78. The number of ether oxygens (including phenoxy) is 2. The fourth-order valence-corrected chi connectivity index (χ4v) is 2.24. The van der Waals surface area contributed by atoms with Crippen molar-refractivity contribution in [3.8, 4) is 5.75 Å². The molecule has 0 N–H and O–H groups in total. The number of hydrogen-bond donors (Lipinski definition) is 0. The maximum atomic E-state index is 11.7. The lowest BCUT2D eigenvalue weighted by molar-refractivity contribution is -0.149. The molecule has 6 nitrogen and oxygen atoms in total. The van der Waals surface area contributed by atoms with E-state index in [4.69, 9.17) is 37.1 Å². The second-order valence-corrected chi connectivity index (χ2v) is 5.66. The summed E-state index contributed by atoms with van der Waals surface area (Å²) in [5, 5.41) is 8.47. The zero-order valence-corrected chi connectivity index (χ0v) is 14.2. The Morgan fingerprint density at radius 1 is 1.35 bits per heavy atom. The first-order valence-electron chi connectivity index (χ1n) is 7.03. The molecule has 0 radical (unpaired) electrons. The van der Waals surface area contributed by atoms with Gasteiger partial charge < -0.3 is 13.9 Å². The average Bonchev–Trinajstić information content (AvgIpc) is 2.92. The molecular weight excluding hydrogens is 343 g/mol. The van der Waals surface area contributed by atoms with Gasteiger partial charge in [-0.1, -0.05) is 23.2 Å². The van der Waals surface area contributed by atoms with E-state index in [1.54, 1.807) is 32.0 Å². The van der Waals surface area contributed by atoms with Gasteiger partial charge in [0, 0.05) is 18.4 Å². The van der Waals surface area contributed by atoms with Gasteiger partial charge in [-0.05, 0) is 31.5 Å². The van der Waals surface area contributed by atoms with E-state index in [0.29, 0.717) is 34.7 Å². The highest BCUT2D eigenvalue weighted by Gasteiger charge is 2.17. The van der Waals surface area contributed by atoms with Gasteiger partial charge in [0.1, 0.15) is 5.75 Å². The van der Waals surface area contributed by atoms with Crippen LogP contribution in [-0.2, 0) is 9.53 Å². The average molecular weight is 359 g/mol. The SMILES string of the molecule is Cc1nnc(C(C)OC(=O)CCCOc2ccc(Cl)cc2Cl)o1. The maximum absolute atomic E-state index is 11.7. The van der Waals surface area contributed by atoms with Crippen LogP contribution < -0.4 is 4.74 Å². The molecule has 0 amide bonds. The Bertz CT molecular complexity index is 675. The number of halogens is 2. The number of nitrogens with zero attached hydrogens (tertiary/aromatic N) is 2. The summed E-state index contributed by atoms with van der Waals surface area (Å²) in [7, 11) is 0. The number of aryl methyl sites for hydroxylation is 1. The Morgan fingerprint density at radius 3 is 2.78 bits per heavy atom. The van der Waals surface area contributed by atoms with Crippen LogP contribution in [-0.4, -0.2) is 22.8 Å². The molecule has 1 heterocycles. The minimum atomic E-state index is -0.574. The molecule has 0 spiro atoms. The van der Waals surface area contributed by atoms with Crippen molar-refractivity contribution in [2.24, 2.45) is 0 Å². The van der Waals surface area contributed by atoms with E-state index >= 15 is 0 Å². The Morgan fingerprint density at radius 2 is 2.13 bits per heavy atom. The fourth-order valence-electron chi connectivity index (χ4n) is 1.77. The quantitative estimate of drug-likeness (QED) is 0.546. The van der Waals surface area contributed by atoms with Gasteiger partial charge in [0.05, 0.1) is 11.6 Å². The van der Waals surface area contributed by atoms with E-state index in [0.717, 1.165) is 0 Å². The van der Waals surface area contributed by atoms with Gasteiger partial charge in [0.2, 0.25) is 5.89 Å². The molecule has 2 rings (SSSR count). The van der Waals surface area contributed by atoms with Crippen molar-refractivity contribution in [2.75, 3.05) is 6.61 Å². The lowest BCUT2D eigenvalue weighted by Crippen LogP contribution is -2.10. The summed E-state index contributed by atoms with van der Waals surface area (Å²) in [5.74, 6) is 0.870. The van der Waals surface area contributed by atoms with Gasteiger partial charge in [0.25, 0.3) is 5.89 Å². The molecule has 1 atom stereocenters. The van der Waals surface area contributed by atoms with Crippen molar-refractivity contribution < 1.29 is 18.7 Å². The Balaban J connectivity index is 1.70. The molecule has 0 saturated heterocycles. The molecule has 1 unspecified atom stereocenters. The minimum Gasteiger partial charge on any atom is -0.492 e. The van der Waals surface area contributed by atoms with E-state index in [-0.39, 0.29) is 18.3 Å². The van der Waals surface area contributed by atoms with Crippen molar-refractivity contribution in [1.82, 2.24) is 10.2 Å². The maximum Gasteiger partial charge on any atom is 0.306 e. The highest BCUT2D eigenvalue weighted by atomic mass is 35.5. The van der Waals surface area contributed by atoms with E-state index < -0.39 is 6.10 Å². The van der Waals surface area contributed by atoms with Crippen molar-refractivity contribution >= 4 is 29.2 Å². The van der Waals surface area contributed by atoms with E-state index in [9.17, 15) is 4.79 Å². The fraction of sp³-hybridized carbons (Fsp3) is 0.400. The van der Waals surface area contributed by atoms with Gasteiger partial charge in [0.15, 0.2) is 6.10 Å². The molecule has 124 valence electrons. The predicted octanol–water partition coefficient (Wildman–Crippen LogP) is 4.15. The van der Waals surface area contributed by atoms with Gasteiger partial charge in [-0.25, -0.2) is 0 Å². The molecule has 0 bridgehead atoms. The van der Waals surface area contributed by atoms with Crippen molar-refractivity contribution in [2.45, 2.75) is 32.8 Å². The molecule has 0 aliphatic carbocycles. The number of aromatic nitrogens is 2. The van der Waals surface area contributed by atoms with Crippen LogP contribution in [0, 0.1) is 6.92 Å². The van der Waals surface area contributed by atoms with Crippen molar-refractivity contribution in [1.29, 1.82) is 0 Å². The number of carbonyl (C=O) groups excluding carboxylic acids is 1. The number of rotatable bonds is 7. The molecule has 0 aliphatic heterocycles. The highest BCUT2D eigenvalue weighted by molar-refractivity contribution is 6.35. The monoisotopic (exact) mass is 358 g/mol. The van der Waals surface area contributed by atoms with E-state index in [1.165, 1.54) is 0 Å². The standard InChI is InChI=1S/C15H16Cl2N2O4/c1-9(15-19-18-10(2)23-15)22-14(20)4-3-7-21-13-6-5-11(16)8-12(13)17/h5-6,8-9H,3-4,7H2,1-2H3. The number of carbonyl (C=O) groups is 1. The first-order chi connectivity index (χ1) is 11.0. The van der Waals surface area contributed by atoms with Gasteiger partial charge in [-0.15, -0.1) is 10.2 Å². The summed E-state index contributed by atoms with van der Waals surface area (Å²) < 4.78 is 15.9. The highest BCUT2D eigenvalue weighted by Crippen LogP contribution is 2.27. The normalized spacial score (nSPS) is 12.0. The molecule has 1 aromatic carbocycles. The van der Waals surface area contributed by atoms with Gasteiger partial charge >= 0.3 is 5.97 Å². The lowest BCUT2D eigenvalue weighted by Gasteiger charge is -2.10. The van der Waals surface area contributed by atoms with Crippen molar-refractivity contribution in [3.63, 3.8) is 0 Å². The van der Waals surface area contributed by atoms with Crippen LogP contribution in [0.3, 0.4) is 0 Å². The Hall–Kier alpha value is -1.79. The topological polar surface area (TPSA) is 74.5 Å². The van der Waals surface area contributed by atoms with Gasteiger partial charge in [-0.2, -0.15) is 0 Å². The predicted molar refractivity (Wildman–Crippen MR) is 84.7 cm³/mol.